The number of amides is 1. The van der Waals surface area contributed by atoms with E-state index in [1.54, 1.807) is 23.0 Å². The number of rotatable bonds is 5. The number of aromatic nitrogens is 3. The minimum atomic E-state index is -0.173. The van der Waals surface area contributed by atoms with E-state index in [0.29, 0.717) is 10.7 Å². The molecule has 3 heterocycles. The summed E-state index contributed by atoms with van der Waals surface area (Å²) in [5.74, 6) is -0.173. The van der Waals surface area contributed by atoms with E-state index in [-0.39, 0.29) is 18.1 Å². The first kappa shape index (κ1) is 20.2. The van der Waals surface area contributed by atoms with Crippen molar-refractivity contribution in [1.82, 2.24) is 19.7 Å². The van der Waals surface area contributed by atoms with Crippen LogP contribution in [0.25, 0.3) is 5.69 Å². The summed E-state index contributed by atoms with van der Waals surface area (Å²) < 4.78 is 8.42. The monoisotopic (exact) mass is 475 g/mol. The van der Waals surface area contributed by atoms with Crippen LogP contribution in [0.1, 0.15) is 29.9 Å². The van der Waals surface area contributed by atoms with Crippen molar-refractivity contribution < 1.29 is 9.53 Å². The molecule has 0 bridgehead atoms. The fraction of sp³-hybridized carbons (Fsp3) is 0.350. The van der Waals surface area contributed by atoms with Gasteiger partial charge in [-0.1, -0.05) is 0 Å². The minimum absolute atomic E-state index is 0.173. The summed E-state index contributed by atoms with van der Waals surface area (Å²) in [6.07, 6.45) is 4.03. The number of carbonyl (C=O) groups is 1. The van der Waals surface area contributed by atoms with Gasteiger partial charge in [0.25, 0.3) is 5.91 Å². The quantitative estimate of drug-likeness (QED) is 0.604. The first-order valence-corrected chi connectivity index (χ1v) is 11.1. The van der Waals surface area contributed by atoms with Crippen LogP contribution < -0.4 is 5.32 Å². The number of halogens is 1. The summed E-state index contributed by atoms with van der Waals surface area (Å²) in [5.41, 5.74) is 2.43. The van der Waals surface area contributed by atoms with Gasteiger partial charge in [-0.2, -0.15) is 5.10 Å². The molecule has 1 fully saturated rings. The van der Waals surface area contributed by atoms with Crippen molar-refractivity contribution >= 4 is 38.3 Å². The van der Waals surface area contributed by atoms with Crippen LogP contribution in [0.4, 0.5) is 5.13 Å². The Bertz CT molecular complexity index is 977. The molecule has 1 aliphatic rings. The van der Waals surface area contributed by atoms with E-state index in [9.17, 15) is 4.79 Å². The van der Waals surface area contributed by atoms with Crippen LogP contribution in [0.3, 0.4) is 0 Å². The molecule has 4 rings (SSSR count). The van der Waals surface area contributed by atoms with Gasteiger partial charge in [0.1, 0.15) is 0 Å². The van der Waals surface area contributed by atoms with E-state index in [0.717, 1.165) is 35.5 Å². The van der Waals surface area contributed by atoms with Crippen LogP contribution in [0.5, 0.6) is 0 Å². The first-order valence-electron chi connectivity index (χ1n) is 9.40. The van der Waals surface area contributed by atoms with E-state index in [1.807, 2.05) is 23.7 Å². The molecule has 152 valence electrons. The molecular formula is C20H22BrN5O2S. The molecule has 7 nitrogen and oxygen atoms in total. The molecule has 1 aromatic carbocycles. The zero-order valence-corrected chi connectivity index (χ0v) is 18.6. The SMILES string of the molecule is CC1CN(Cc2csc(NC(=O)c3ccc(-n4cc(Br)cn4)cc3)n2)CC(C)O1. The van der Waals surface area contributed by atoms with Gasteiger partial charge in [-0.15, -0.1) is 11.3 Å². The molecule has 2 atom stereocenters. The van der Waals surface area contributed by atoms with Gasteiger partial charge in [0.2, 0.25) is 0 Å². The Hall–Kier alpha value is -2.07. The molecule has 1 amide bonds. The number of hydrogen-bond acceptors (Lipinski definition) is 6. The molecule has 0 spiro atoms. The number of thiazole rings is 1. The second-order valence-corrected chi connectivity index (χ2v) is 8.97. The highest BCUT2D eigenvalue weighted by Gasteiger charge is 2.22. The topological polar surface area (TPSA) is 72.3 Å². The van der Waals surface area contributed by atoms with Crippen LogP contribution >= 0.6 is 27.3 Å². The number of morpholine rings is 1. The average Bonchev–Trinajstić information content (AvgIpc) is 3.30. The predicted octanol–water partition coefficient (Wildman–Crippen LogP) is 3.95. The molecule has 2 unspecified atom stereocenters. The highest BCUT2D eigenvalue weighted by molar-refractivity contribution is 9.10. The third kappa shape index (κ3) is 5.11. The number of nitrogens with one attached hydrogen (secondary N) is 1. The van der Waals surface area contributed by atoms with Gasteiger partial charge in [-0.3, -0.25) is 15.0 Å². The molecule has 9 heteroatoms. The Morgan fingerprint density at radius 1 is 1.28 bits per heavy atom. The Morgan fingerprint density at radius 2 is 2.00 bits per heavy atom. The molecule has 3 aromatic rings. The summed E-state index contributed by atoms with van der Waals surface area (Å²) >= 11 is 4.83. The average molecular weight is 476 g/mol. The highest BCUT2D eigenvalue weighted by Crippen LogP contribution is 2.20. The fourth-order valence-electron chi connectivity index (χ4n) is 3.46. The first-order chi connectivity index (χ1) is 14.0. The van der Waals surface area contributed by atoms with Crippen molar-refractivity contribution in [2.24, 2.45) is 0 Å². The molecule has 2 aromatic heterocycles. The lowest BCUT2D eigenvalue weighted by Gasteiger charge is -2.34. The highest BCUT2D eigenvalue weighted by atomic mass is 79.9. The third-order valence-electron chi connectivity index (χ3n) is 4.60. The second-order valence-electron chi connectivity index (χ2n) is 7.20. The van der Waals surface area contributed by atoms with E-state index in [4.69, 9.17) is 4.74 Å². The molecule has 0 saturated carbocycles. The zero-order valence-electron chi connectivity index (χ0n) is 16.2. The Labute approximate surface area is 181 Å². The minimum Gasteiger partial charge on any atom is -0.373 e. The van der Waals surface area contributed by atoms with Crippen molar-refractivity contribution in [3.63, 3.8) is 0 Å². The van der Waals surface area contributed by atoms with Gasteiger partial charge in [0.05, 0.1) is 34.3 Å². The Balaban J connectivity index is 1.36. The lowest BCUT2D eigenvalue weighted by molar-refractivity contribution is -0.0707. The number of hydrogen-bond donors (Lipinski definition) is 1. The molecule has 0 radical (unpaired) electrons. The Morgan fingerprint density at radius 3 is 2.66 bits per heavy atom. The summed E-state index contributed by atoms with van der Waals surface area (Å²) in [6.45, 7) is 6.72. The maximum absolute atomic E-state index is 12.5. The van der Waals surface area contributed by atoms with Crippen molar-refractivity contribution in [1.29, 1.82) is 0 Å². The Kier molecular flexibility index (Phi) is 6.09. The normalized spacial score (nSPS) is 20.0. The van der Waals surface area contributed by atoms with E-state index >= 15 is 0 Å². The van der Waals surface area contributed by atoms with Crippen LogP contribution in [0, 0.1) is 0 Å². The standard InChI is InChI=1S/C20H22BrN5O2S/c1-13-8-25(9-14(2)28-13)11-17-12-29-20(23-17)24-19(27)15-3-5-18(6-4-15)26-10-16(21)7-22-26/h3-7,10,12-14H,8-9,11H2,1-2H3,(H,23,24,27). The summed E-state index contributed by atoms with van der Waals surface area (Å²) in [5, 5.41) is 9.74. The summed E-state index contributed by atoms with van der Waals surface area (Å²) in [6, 6.07) is 7.29. The van der Waals surface area contributed by atoms with Crippen LogP contribution in [0.2, 0.25) is 0 Å². The van der Waals surface area contributed by atoms with E-state index < -0.39 is 0 Å². The smallest absolute Gasteiger partial charge is 0.257 e. The van der Waals surface area contributed by atoms with Gasteiger partial charge in [-0.05, 0) is 54.0 Å². The number of benzene rings is 1. The van der Waals surface area contributed by atoms with Crippen LogP contribution in [-0.2, 0) is 11.3 Å². The van der Waals surface area contributed by atoms with Gasteiger partial charge in [0.15, 0.2) is 5.13 Å². The van der Waals surface area contributed by atoms with E-state index in [1.165, 1.54) is 11.3 Å². The van der Waals surface area contributed by atoms with Crippen molar-refractivity contribution in [2.45, 2.75) is 32.6 Å². The lowest BCUT2D eigenvalue weighted by atomic mass is 10.2. The predicted molar refractivity (Wildman–Crippen MR) is 117 cm³/mol. The van der Waals surface area contributed by atoms with Crippen LogP contribution in [0.15, 0.2) is 46.5 Å². The molecular weight excluding hydrogens is 454 g/mol. The lowest BCUT2D eigenvalue weighted by Crippen LogP contribution is -2.44. The molecule has 29 heavy (non-hydrogen) atoms. The largest absolute Gasteiger partial charge is 0.373 e. The maximum atomic E-state index is 12.5. The zero-order chi connectivity index (χ0) is 20.4. The number of carbonyl (C=O) groups excluding carboxylic acids is 1. The molecule has 0 aliphatic carbocycles. The fourth-order valence-corrected chi connectivity index (χ4v) is 4.44. The molecule has 1 aliphatic heterocycles. The summed E-state index contributed by atoms with van der Waals surface area (Å²) in [4.78, 5) is 19.5. The van der Waals surface area contributed by atoms with E-state index in [2.05, 4.69) is 50.1 Å². The van der Waals surface area contributed by atoms with Gasteiger partial charge in [0, 0.05) is 36.8 Å². The van der Waals surface area contributed by atoms with Crippen molar-refractivity contribution in [3.05, 3.63) is 57.8 Å². The van der Waals surface area contributed by atoms with Gasteiger partial charge >= 0.3 is 0 Å². The van der Waals surface area contributed by atoms with Crippen LogP contribution in [-0.4, -0.2) is 50.9 Å². The molecule has 1 N–H and O–H groups in total. The number of ether oxygens (including phenoxy) is 1. The maximum Gasteiger partial charge on any atom is 0.257 e. The third-order valence-corrected chi connectivity index (χ3v) is 5.81. The molecule has 1 saturated heterocycles. The number of anilines is 1. The summed E-state index contributed by atoms with van der Waals surface area (Å²) in [7, 11) is 0. The van der Waals surface area contributed by atoms with Crippen molar-refractivity contribution in [3.8, 4) is 5.69 Å². The number of nitrogens with zero attached hydrogens (tertiary/aromatic N) is 4. The van der Waals surface area contributed by atoms with Gasteiger partial charge < -0.3 is 4.74 Å². The van der Waals surface area contributed by atoms with Crippen molar-refractivity contribution in [2.75, 3.05) is 18.4 Å². The second kappa shape index (κ2) is 8.74. The van der Waals surface area contributed by atoms with Gasteiger partial charge in [-0.25, -0.2) is 9.67 Å².